The molecule has 2 amide bonds. The average molecular weight is 468 g/mol. The Labute approximate surface area is 202 Å². The summed E-state index contributed by atoms with van der Waals surface area (Å²) in [6, 6.07) is 16.9. The van der Waals surface area contributed by atoms with Crippen LogP contribution in [0.5, 0.6) is 17.2 Å². The number of nitrogens with one attached hydrogen (secondary N) is 1. The monoisotopic (exact) mass is 468 g/mol. The summed E-state index contributed by atoms with van der Waals surface area (Å²) in [5.74, 6) is 8.04. The van der Waals surface area contributed by atoms with E-state index < -0.39 is 11.9 Å². The van der Waals surface area contributed by atoms with Gasteiger partial charge < -0.3 is 24.4 Å². The lowest BCUT2D eigenvalue weighted by molar-refractivity contribution is -0.120. The average Bonchev–Trinajstić information content (AvgIpc) is 2.96. The van der Waals surface area contributed by atoms with Crippen LogP contribution >= 0.6 is 0 Å². The van der Waals surface area contributed by atoms with Crippen molar-refractivity contribution in [1.82, 2.24) is 10.3 Å². The van der Waals surface area contributed by atoms with Gasteiger partial charge in [0.15, 0.2) is 0 Å². The highest BCUT2D eigenvalue weighted by molar-refractivity contribution is 6.03. The fourth-order valence-corrected chi connectivity index (χ4v) is 3.57. The van der Waals surface area contributed by atoms with Gasteiger partial charge in [0.2, 0.25) is 0 Å². The van der Waals surface area contributed by atoms with Crippen LogP contribution in [0.4, 0.5) is 5.69 Å². The molecule has 0 spiro atoms. The summed E-state index contributed by atoms with van der Waals surface area (Å²) in [4.78, 5) is 31.7. The molecule has 1 radical (unpaired) electrons. The van der Waals surface area contributed by atoms with E-state index in [1.165, 1.54) is 17.2 Å². The molecule has 175 valence electrons. The molecule has 0 aliphatic carbocycles. The van der Waals surface area contributed by atoms with Gasteiger partial charge in [-0.3, -0.25) is 14.6 Å². The quantitative estimate of drug-likeness (QED) is 0.592. The molecule has 0 bridgehead atoms. The van der Waals surface area contributed by atoms with Crippen LogP contribution in [0, 0.1) is 17.8 Å². The number of carbonyl (C=O) groups is 2. The van der Waals surface area contributed by atoms with E-state index in [1.54, 1.807) is 25.2 Å². The van der Waals surface area contributed by atoms with Crippen molar-refractivity contribution in [2.75, 3.05) is 31.8 Å². The Morgan fingerprint density at radius 2 is 1.91 bits per heavy atom. The predicted octanol–water partition coefficient (Wildman–Crippen LogP) is 2.98. The summed E-state index contributed by atoms with van der Waals surface area (Å²) in [5.41, 5.74) is 1.48. The molecule has 1 fully saturated rings. The first-order valence-electron chi connectivity index (χ1n) is 11.1. The van der Waals surface area contributed by atoms with E-state index >= 15 is 0 Å². The molecule has 3 heterocycles. The van der Waals surface area contributed by atoms with Crippen LogP contribution < -0.4 is 19.7 Å². The maximum Gasteiger partial charge on any atom is 0.270 e. The molecular weight excluding hydrogens is 446 g/mol. The van der Waals surface area contributed by atoms with Crippen molar-refractivity contribution in [1.29, 1.82) is 0 Å². The molecule has 2 aliphatic rings. The van der Waals surface area contributed by atoms with Crippen molar-refractivity contribution in [3.8, 4) is 29.1 Å². The number of hydrogen-bond acceptors (Lipinski definition) is 6. The molecule has 8 heteroatoms. The number of likely N-dealkylation sites (N-methyl/N-ethyl adjacent to an activating group) is 1. The number of ether oxygens (including phenoxy) is 3. The highest BCUT2D eigenvalue weighted by atomic mass is 16.5. The van der Waals surface area contributed by atoms with E-state index in [2.05, 4.69) is 22.1 Å². The zero-order valence-corrected chi connectivity index (χ0v) is 19.0. The Balaban J connectivity index is 1.28. The second-order valence-electron chi connectivity index (χ2n) is 8.06. The molecule has 1 atom stereocenters. The maximum atomic E-state index is 13.1. The van der Waals surface area contributed by atoms with Gasteiger partial charge in [-0.05, 0) is 36.4 Å². The fourth-order valence-electron chi connectivity index (χ4n) is 3.57. The molecule has 35 heavy (non-hydrogen) atoms. The molecule has 8 nitrogen and oxygen atoms in total. The van der Waals surface area contributed by atoms with Gasteiger partial charge in [-0.1, -0.05) is 30.0 Å². The largest absolute Gasteiger partial charge is 0.489 e. The van der Waals surface area contributed by atoms with Crippen LogP contribution in [0.25, 0.3) is 0 Å². The number of rotatable bonds is 4. The van der Waals surface area contributed by atoms with Crippen LogP contribution in [0.1, 0.15) is 16.1 Å². The lowest BCUT2D eigenvalue weighted by Crippen LogP contribution is -2.49. The Kier molecular flexibility index (Phi) is 6.33. The summed E-state index contributed by atoms with van der Waals surface area (Å²) in [7, 11) is 1.65. The Bertz CT molecular complexity index is 1310. The molecule has 1 saturated heterocycles. The van der Waals surface area contributed by atoms with Crippen molar-refractivity contribution < 1.29 is 23.8 Å². The lowest BCUT2D eigenvalue weighted by atomic mass is 10.1. The van der Waals surface area contributed by atoms with Crippen LogP contribution in [0.3, 0.4) is 0 Å². The van der Waals surface area contributed by atoms with Gasteiger partial charge in [0, 0.05) is 24.9 Å². The van der Waals surface area contributed by atoms with E-state index in [-0.39, 0.29) is 18.2 Å². The molecule has 0 unspecified atom stereocenters. The standard InChI is InChI=1S/C27H22N3O5/c1-30-24-13-18(7-8-19-15-33-16-19)9-10-25(24)34-17-23(27(30)32)29-26(31)22-14-21(11-12-28-22)35-20-5-3-2-4-6-20/h2-6,9-14,23H,15-17H2,1H3,(H,29,31)/t23-/m0/s1. The van der Waals surface area contributed by atoms with E-state index in [9.17, 15) is 9.59 Å². The number of benzene rings is 2. The van der Waals surface area contributed by atoms with Crippen LogP contribution in [-0.2, 0) is 9.53 Å². The molecule has 5 rings (SSSR count). The minimum Gasteiger partial charge on any atom is -0.489 e. The first-order valence-corrected chi connectivity index (χ1v) is 11.1. The van der Waals surface area contributed by atoms with Gasteiger partial charge in [0.25, 0.3) is 11.8 Å². The summed E-state index contributed by atoms with van der Waals surface area (Å²) in [6.07, 6.45) is 1.48. The van der Waals surface area contributed by atoms with E-state index in [0.717, 1.165) is 11.5 Å². The smallest absolute Gasteiger partial charge is 0.270 e. The molecule has 1 aromatic heterocycles. The van der Waals surface area contributed by atoms with Crippen molar-refractivity contribution in [2.45, 2.75) is 6.04 Å². The van der Waals surface area contributed by atoms with Crippen molar-refractivity contribution >= 4 is 17.5 Å². The van der Waals surface area contributed by atoms with Gasteiger partial charge in [0.1, 0.15) is 35.6 Å². The number of aromatic nitrogens is 1. The third-order valence-corrected chi connectivity index (χ3v) is 5.54. The Morgan fingerprint density at radius 1 is 1.09 bits per heavy atom. The van der Waals surface area contributed by atoms with Crippen molar-refractivity contribution in [3.05, 3.63) is 84.0 Å². The molecule has 2 aromatic carbocycles. The zero-order chi connectivity index (χ0) is 24.2. The number of nitrogens with zero attached hydrogens (tertiary/aromatic N) is 2. The SMILES string of the molecule is CN1C(=O)[C@@H](NC(=O)c2cc(Oc3ccccc3)ccn2)COc2ccc(C#C[C]3COC3)cc21. The van der Waals surface area contributed by atoms with Crippen LogP contribution in [-0.4, -0.2) is 49.7 Å². The number of anilines is 1. The Hall–Kier alpha value is -4.35. The number of para-hydroxylation sites is 1. The predicted molar refractivity (Wildman–Crippen MR) is 128 cm³/mol. The topological polar surface area (TPSA) is 90.0 Å². The number of hydrogen-bond donors (Lipinski definition) is 1. The first-order chi connectivity index (χ1) is 17.1. The Morgan fingerprint density at radius 3 is 2.69 bits per heavy atom. The second kappa shape index (κ2) is 9.87. The molecular formula is C27H22N3O5. The number of carbonyl (C=O) groups excluding carboxylic acids is 2. The number of fused-ring (bicyclic) bond motifs is 1. The zero-order valence-electron chi connectivity index (χ0n) is 19.0. The molecule has 0 saturated carbocycles. The third-order valence-electron chi connectivity index (χ3n) is 5.54. The first kappa shape index (κ1) is 22.4. The lowest BCUT2D eigenvalue weighted by Gasteiger charge is -2.20. The molecule has 1 N–H and O–H groups in total. The minimum atomic E-state index is -0.891. The number of pyridine rings is 1. The second-order valence-corrected chi connectivity index (χ2v) is 8.06. The van der Waals surface area contributed by atoms with Gasteiger partial charge in [0.05, 0.1) is 24.8 Å². The van der Waals surface area contributed by atoms with Gasteiger partial charge >= 0.3 is 0 Å². The third kappa shape index (κ3) is 5.10. The normalized spacial score (nSPS) is 17.1. The highest BCUT2D eigenvalue weighted by Gasteiger charge is 2.31. The van der Waals surface area contributed by atoms with E-state index in [4.69, 9.17) is 14.2 Å². The minimum absolute atomic E-state index is 0.0115. The number of amides is 2. The van der Waals surface area contributed by atoms with Gasteiger partial charge in [-0.15, -0.1) is 0 Å². The molecule has 2 aliphatic heterocycles. The highest BCUT2D eigenvalue weighted by Crippen LogP contribution is 2.31. The van der Waals surface area contributed by atoms with Crippen molar-refractivity contribution in [2.24, 2.45) is 0 Å². The van der Waals surface area contributed by atoms with Crippen LogP contribution in [0.2, 0.25) is 0 Å². The van der Waals surface area contributed by atoms with E-state index in [1.807, 2.05) is 36.4 Å². The van der Waals surface area contributed by atoms with Gasteiger partial charge in [-0.25, -0.2) is 0 Å². The van der Waals surface area contributed by atoms with Crippen molar-refractivity contribution in [3.63, 3.8) is 0 Å². The van der Waals surface area contributed by atoms with Crippen LogP contribution in [0.15, 0.2) is 66.9 Å². The van der Waals surface area contributed by atoms with Gasteiger partial charge in [-0.2, -0.15) is 0 Å². The maximum absolute atomic E-state index is 13.1. The van der Waals surface area contributed by atoms with E-state index in [0.29, 0.717) is 36.1 Å². The fraction of sp³-hybridized carbons (Fsp3) is 0.185. The summed E-state index contributed by atoms with van der Waals surface area (Å²) in [5, 5.41) is 2.73. The molecule has 3 aromatic rings. The summed E-state index contributed by atoms with van der Waals surface area (Å²) < 4.78 is 16.7. The summed E-state index contributed by atoms with van der Waals surface area (Å²) >= 11 is 0. The summed E-state index contributed by atoms with van der Waals surface area (Å²) in [6.45, 7) is 1.12.